The number of alkyl halides is 3. The molecular weight excluding hydrogens is 397 g/mol. The zero-order valence-corrected chi connectivity index (χ0v) is 15.0. The molecule has 0 radical (unpaired) electrons. The first-order chi connectivity index (χ1) is 13.6. The van der Waals surface area contributed by atoms with Crippen molar-refractivity contribution in [2.75, 3.05) is 5.32 Å². The first-order valence-electron chi connectivity index (χ1n) is 8.84. The summed E-state index contributed by atoms with van der Waals surface area (Å²) < 4.78 is 68.8. The maximum Gasteiger partial charge on any atom is 0.419 e. The Balaban J connectivity index is 1.63. The highest BCUT2D eigenvalue weighted by molar-refractivity contribution is 5.91. The first kappa shape index (κ1) is 18.1. The lowest BCUT2D eigenvalue weighted by Gasteiger charge is -2.61. The van der Waals surface area contributed by atoms with E-state index in [0.717, 1.165) is 25.2 Å². The predicted molar refractivity (Wildman–Crippen MR) is 92.0 cm³/mol. The highest BCUT2D eigenvalue weighted by atomic mass is 19.4. The first-order valence-corrected chi connectivity index (χ1v) is 8.84. The largest absolute Gasteiger partial charge is 0.503 e. The number of aromatic nitrogens is 4. The number of fused-ring (bicyclic) bond motifs is 1. The minimum absolute atomic E-state index is 0.0101. The number of aryl methyl sites for hydroxylation is 1. The third-order valence-corrected chi connectivity index (χ3v) is 5.73. The maximum absolute atomic E-state index is 14.5. The second kappa shape index (κ2) is 5.55. The highest BCUT2D eigenvalue weighted by Crippen LogP contribution is 2.58. The lowest BCUT2D eigenvalue weighted by molar-refractivity contribution is -0.140. The van der Waals surface area contributed by atoms with Crippen LogP contribution in [-0.4, -0.2) is 30.4 Å². The average Bonchev–Trinajstić information content (AvgIpc) is 2.90. The smallest absolute Gasteiger partial charge is 0.419 e. The van der Waals surface area contributed by atoms with Crippen LogP contribution >= 0.6 is 0 Å². The molecule has 6 nitrogen and oxygen atoms in total. The fraction of sp³-hybridized carbons (Fsp3) is 0.389. The summed E-state index contributed by atoms with van der Waals surface area (Å²) in [6, 6.07) is 0.292. The summed E-state index contributed by atoms with van der Waals surface area (Å²) in [5.74, 6) is -4.22. The number of anilines is 1. The third-order valence-electron chi connectivity index (χ3n) is 5.73. The molecule has 1 aromatic carbocycles. The Kier molecular flexibility index (Phi) is 3.46. The molecule has 3 aliphatic carbocycles. The van der Waals surface area contributed by atoms with Gasteiger partial charge in [-0.1, -0.05) is 0 Å². The Morgan fingerprint density at radius 3 is 2.48 bits per heavy atom. The van der Waals surface area contributed by atoms with E-state index in [4.69, 9.17) is 0 Å². The average molecular weight is 411 g/mol. The summed E-state index contributed by atoms with van der Waals surface area (Å²) in [7, 11) is 1.50. The van der Waals surface area contributed by atoms with Gasteiger partial charge in [0, 0.05) is 24.3 Å². The molecule has 0 aliphatic heterocycles. The molecule has 29 heavy (non-hydrogen) atoms. The van der Waals surface area contributed by atoms with Crippen LogP contribution in [0.15, 0.2) is 12.3 Å². The van der Waals surface area contributed by atoms with Crippen LogP contribution in [0, 0.1) is 17.6 Å². The van der Waals surface area contributed by atoms with E-state index in [1.165, 1.54) is 17.9 Å². The molecule has 0 spiro atoms. The Morgan fingerprint density at radius 1 is 1.21 bits per heavy atom. The van der Waals surface area contributed by atoms with Gasteiger partial charge in [0.2, 0.25) is 5.95 Å². The number of halogens is 5. The Labute approximate surface area is 160 Å². The monoisotopic (exact) mass is 411 g/mol. The van der Waals surface area contributed by atoms with Crippen molar-refractivity contribution < 1.29 is 27.1 Å². The summed E-state index contributed by atoms with van der Waals surface area (Å²) in [5, 5.41) is 17.0. The Bertz CT molecular complexity index is 1150. The lowest BCUT2D eigenvalue weighted by atomic mass is 9.50. The van der Waals surface area contributed by atoms with Gasteiger partial charge < -0.3 is 10.4 Å². The molecule has 2 bridgehead atoms. The lowest BCUT2D eigenvalue weighted by Crippen LogP contribution is -2.63. The van der Waals surface area contributed by atoms with E-state index in [9.17, 15) is 27.1 Å². The van der Waals surface area contributed by atoms with Crippen LogP contribution in [0.3, 0.4) is 0 Å². The molecule has 11 heteroatoms. The second-order valence-electron chi connectivity index (χ2n) is 7.73. The van der Waals surface area contributed by atoms with Crippen molar-refractivity contribution in [3.63, 3.8) is 0 Å². The van der Waals surface area contributed by atoms with Gasteiger partial charge in [-0.2, -0.15) is 23.3 Å². The van der Waals surface area contributed by atoms with Crippen LogP contribution in [0.4, 0.5) is 27.9 Å². The van der Waals surface area contributed by atoms with Gasteiger partial charge in [-0.05, 0) is 31.2 Å². The molecule has 2 heterocycles. The van der Waals surface area contributed by atoms with Crippen molar-refractivity contribution >= 4 is 17.0 Å². The molecule has 0 unspecified atom stereocenters. The number of phenols is 1. The maximum atomic E-state index is 14.5. The van der Waals surface area contributed by atoms with Crippen molar-refractivity contribution in [3.8, 4) is 17.0 Å². The number of rotatable bonds is 3. The molecule has 3 aromatic rings. The molecule has 3 fully saturated rings. The van der Waals surface area contributed by atoms with Crippen LogP contribution in [-0.2, 0) is 13.2 Å². The summed E-state index contributed by atoms with van der Waals surface area (Å²) in [4.78, 5) is 8.53. The fourth-order valence-electron chi connectivity index (χ4n) is 4.17. The molecule has 3 saturated carbocycles. The van der Waals surface area contributed by atoms with Crippen LogP contribution in [0.2, 0.25) is 0 Å². The van der Waals surface area contributed by atoms with Crippen molar-refractivity contribution in [1.29, 1.82) is 0 Å². The summed E-state index contributed by atoms with van der Waals surface area (Å²) >= 11 is 0. The highest BCUT2D eigenvalue weighted by Gasteiger charge is 2.57. The van der Waals surface area contributed by atoms with E-state index in [0.29, 0.717) is 12.0 Å². The third kappa shape index (κ3) is 2.56. The van der Waals surface area contributed by atoms with Crippen molar-refractivity contribution in [1.82, 2.24) is 19.7 Å². The van der Waals surface area contributed by atoms with E-state index in [2.05, 4.69) is 20.4 Å². The molecule has 2 N–H and O–H groups in total. The van der Waals surface area contributed by atoms with E-state index >= 15 is 0 Å². The van der Waals surface area contributed by atoms with Crippen LogP contribution < -0.4 is 5.32 Å². The zero-order valence-electron chi connectivity index (χ0n) is 15.0. The number of hydrogen-bond donors (Lipinski definition) is 2. The van der Waals surface area contributed by atoms with Gasteiger partial charge in [-0.25, -0.2) is 18.4 Å². The normalized spacial score (nSPS) is 23.0. The number of benzene rings is 1. The Hall–Kier alpha value is -2.98. The minimum Gasteiger partial charge on any atom is -0.503 e. The van der Waals surface area contributed by atoms with E-state index < -0.39 is 34.7 Å². The molecule has 0 atom stereocenters. The van der Waals surface area contributed by atoms with Crippen LogP contribution in [0.1, 0.15) is 24.8 Å². The summed E-state index contributed by atoms with van der Waals surface area (Å²) in [5.41, 5.74) is -2.42. The number of nitrogens with one attached hydrogen (secondary N) is 1. The van der Waals surface area contributed by atoms with E-state index in [-0.39, 0.29) is 22.3 Å². The molecular formula is C18H14F5N5O. The number of aromatic hydroxyl groups is 1. The second-order valence-corrected chi connectivity index (χ2v) is 7.73. The SMILES string of the molecule is Cn1nc(-c2cc(C(F)(F)F)c(F)c(O)c2F)c2cnc(NC34CC(C3)C4)nc21. The summed E-state index contributed by atoms with van der Waals surface area (Å²) in [6.07, 6.45) is -0.654. The summed E-state index contributed by atoms with van der Waals surface area (Å²) in [6.45, 7) is 0. The molecule has 2 aromatic heterocycles. The topological polar surface area (TPSA) is 75.9 Å². The Morgan fingerprint density at radius 2 is 1.90 bits per heavy atom. The number of phenolic OH excluding ortho intramolecular Hbond substituents is 1. The van der Waals surface area contributed by atoms with E-state index in [1.807, 2.05) is 0 Å². The van der Waals surface area contributed by atoms with Gasteiger partial charge in [0.15, 0.2) is 23.0 Å². The van der Waals surface area contributed by atoms with Gasteiger partial charge in [-0.15, -0.1) is 0 Å². The molecule has 3 aliphatic rings. The molecule has 6 rings (SSSR count). The standard InChI is InChI=1S/C18H14F5N5O/c1-28-15-9(6-24-16(25-15)26-17-3-7(4-17)5-17)13(27-28)8-2-10(18(21,22)23)12(20)14(29)11(8)19/h2,6-7,29H,3-5H2,1H3,(H,24,25,26). The minimum atomic E-state index is -5.12. The van der Waals surface area contributed by atoms with Crippen LogP contribution in [0.25, 0.3) is 22.3 Å². The van der Waals surface area contributed by atoms with Gasteiger partial charge in [0.05, 0.1) is 10.9 Å². The molecule has 0 amide bonds. The van der Waals surface area contributed by atoms with Crippen LogP contribution in [0.5, 0.6) is 5.75 Å². The fourth-order valence-corrected chi connectivity index (χ4v) is 4.17. The number of hydrogen-bond acceptors (Lipinski definition) is 5. The quantitative estimate of drug-likeness (QED) is 0.638. The number of nitrogens with zero attached hydrogens (tertiary/aromatic N) is 4. The molecule has 152 valence electrons. The zero-order chi connectivity index (χ0) is 20.7. The van der Waals surface area contributed by atoms with Crippen molar-refractivity contribution in [2.24, 2.45) is 13.0 Å². The van der Waals surface area contributed by atoms with Crippen molar-refractivity contribution in [2.45, 2.75) is 31.0 Å². The van der Waals surface area contributed by atoms with Gasteiger partial charge in [0.1, 0.15) is 5.69 Å². The molecule has 0 saturated heterocycles. The van der Waals surface area contributed by atoms with E-state index in [1.54, 1.807) is 0 Å². The van der Waals surface area contributed by atoms with Gasteiger partial charge >= 0.3 is 6.18 Å². The predicted octanol–water partition coefficient (Wildman–Crippen LogP) is 4.00. The van der Waals surface area contributed by atoms with Gasteiger partial charge in [0.25, 0.3) is 0 Å². The van der Waals surface area contributed by atoms with Gasteiger partial charge in [-0.3, -0.25) is 0 Å². The van der Waals surface area contributed by atoms with Crippen molar-refractivity contribution in [3.05, 3.63) is 29.5 Å².